The number of nitroso groups, excluding NO2 is 1. The molecule has 1 fully saturated rings. The second-order valence-corrected chi connectivity index (χ2v) is 8.52. The predicted octanol–water partition coefficient (Wildman–Crippen LogP) is 4.06. The minimum atomic E-state index is -0.0570. The molecule has 168 valence electrons. The van der Waals surface area contributed by atoms with Crippen molar-refractivity contribution in [3.63, 3.8) is 0 Å². The lowest BCUT2D eigenvalue weighted by atomic mass is 9.96. The van der Waals surface area contributed by atoms with Gasteiger partial charge in [-0.1, -0.05) is 59.2 Å². The smallest absolute Gasteiger partial charge is 0.241 e. The fourth-order valence-electron chi connectivity index (χ4n) is 4.47. The lowest BCUT2D eigenvalue weighted by Gasteiger charge is -2.42. The van der Waals surface area contributed by atoms with E-state index >= 15 is 0 Å². The first kappa shape index (κ1) is 22.2. The molecule has 32 heavy (non-hydrogen) atoms. The summed E-state index contributed by atoms with van der Waals surface area (Å²) in [6.45, 7) is 2.74. The first-order chi connectivity index (χ1) is 15.6. The maximum absolute atomic E-state index is 11.4. The van der Waals surface area contributed by atoms with E-state index in [1.54, 1.807) is 0 Å². The molecule has 0 aliphatic carbocycles. The van der Waals surface area contributed by atoms with Gasteiger partial charge in [0.2, 0.25) is 11.9 Å². The van der Waals surface area contributed by atoms with Gasteiger partial charge < -0.3 is 10.6 Å². The molecule has 3 N–H and O–H groups in total. The molecule has 2 aromatic carbocycles. The van der Waals surface area contributed by atoms with E-state index in [2.05, 4.69) is 54.4 Å². The number of benzene rings is 2. The van der Waals surface area contributed by atoms with Crippen molar-refractivity contribution < 1.29 is 0 Å². The Morgan fingerprint density at radius 3 is 2.50 bits per heavy atom. The molecule has 8 nitrogen and oxygen atoms in total. The molecule has 4 rings (SSSR count). The number of anilines is 2. The summed E-state index contributed by atoms with van der Waals surface area (Å²) < 4.78 is 0. The van der Waals surface area contributed by atoms with Gasteiger partial charge in [0.25, 0.3) is 0 Å². The monoisotopic (exact) mass is 453 g/mol. The number of aromatic amines is 1. The fourth-order valence-corrected chi connectivity index (χ4v) is 4.59. The van der Waals surface area contributed by atoms with Crippen molar-refractivity contribution in [2.24, 2.45) is 5.18 Å². The Balaban J connectivity index is 1.52. The van der Waals surface area contributed by atoms with Crippen LogP contribution in [-0.4, -0.2) is 52.3 Å². The molecule has 0 radical (unpaired) electrons. The van der Waals surface area contributed by atoms with Gasteiger partial charge in [-0.2, -0.15) is 9.89 Å². The number of nitrogens with two attached hydrogens (primary N) is 1. The van der Waals surface area contributed by atoms with Crippen molar-refractivity contribution in [1.29, 1.82) is 0 Å². The summed E-state index contributed by atoms with van der Waals surface area (Å²) in [4.78, 5) is 20.3. The van der Waals surface area contributed by atoms with Crippen LogP contribution in [-0.2, 0) is 6.42 Å². The molecule has 0 bridgehead atoms. The molecule has 1 aliphatic heterocycles. The average molecular weight is 454 g/mol. The highest BCUT2D eigenvalue weighted by atomic mass is 35.5. The van der Waals surface area contributed by atoms with E-state index in [9.17, 15) is 4.91 Å². The van der Waals surface area contributed by atoms with E-state index in [1.165, 1.54) is 5.56 Å². The van der Waals surface area contributed by atoms with Gasteiger partial charge in [0.1, 0.15) is 6.54 Å². The van der Waals surface area contributed by atoms with Gasteiger partial charge in [-0.15, -0.1) is 5.10 Å². The largest absolute Gasteiger partial charge is 0.366 e. The highest BCUT2D eigenvalue weighted by Crippen LogP contribution is 2.29. The van der Waals surface area contributed by atoms with Crippen LogP contribution in [0.4, 0.5) is 11.9 Å². The van der Waals surface area contributed by atoms with Crippen molar-refractivity contribution >= 4 is 23.5 Å². The Hall–Kier alpha value is -2.97. The third-order valence-corrected chi connectivity index (χ3v) is 6.38. The molecule has 1 aliphatic rings. The van der Waals surface area contributed by atoms with Crippen molar-refractivity contribution in [1.82, 2.24) is 20.1 Å². The van der Waals surface area contributed by atoms with E-state index in [0.29, 0.717) is 12.0 Å². The molecular weight excluding hydrogens is 426 g/mol. The maximum Gasteiger partial charge on any atom is 0.241 e. The Labute approximate surface area is 192 Å². The van der Waals surface area contributed by atoms with Crippen LogP contribution in [0.25, 0.3) is 0 Å². The van der Waals surface area contributed by atoms with E-state index in [4.69, 9.17) is 17.3 Å². The third-order valence-electron chi connectivity index (χ3n) is 6.13. The van der Waals surface area contributed by atoms with E-state index < -0.39 is 0 Å². The summed E-state index contributed by atoms with van der Waals surface area (Å²) in [5.74, 6) is 0.968. The molecule has 9 heteroatoms. The summed E-state index contributed by atoms with van der Waals surface area (Å²) in [6, 6.07) is 18.4. The molecule has 0 unspecified atom stereocenters. The van der Waals surface area contributed by atoms with Crippen LogP contribution in [0.3, 0.4) is 0 Å². The van der Waals surface area contributed by atoms with Crippen LogP contribution >= 0.6 is 11.6 Å². The van der Waals surface area contributed by atoms with Crippen LogP contribution in [0.15, 0.2) is 59.8 Å². The van der Waals surface area contributed by atoms with Crippen LogP contribution in [0.5, 0.6) is 0 Å². The minimum Gasteiger partial charge on any atom is -0.366 e. The SMILES string of the molecule is Nc1n[nH]c(N2CCC(N(CCc3ccc(Cl)cc3)[C@H](CN=O)c3ccccc3)CC2)n1. The van der Waals surface area contributed by atoms with Gasteiger partial charge >= 0.3 is 0 Å². The van der Waals surface area contributed by atoms with Crippen molar-refractivity contribution in [3.05, 3.63) is 75.7 Å². The summed E-state index contributed by atoms with van der Waals surface area (Å²) in [5.41, 5.74) is 8.01. The Morgan fingerprint density at radius 1 is 1.16 bits per heavy atom. The minimum absolute atomic E-state index is 0.0570. The number of H-pyrrole nitrogens is 1. The van der Waals surface area contributed by atoms with Crippen LogP contribution in [0.1, 0.15) is 30.0 Å². The zero-order chi connectivity index (χ0) is 22.3. The van der Waals surface area contributed by atoms with Gasteiger partial charge in [0.05, 0.1) is 6.04 Å². The van der Waals surface area contributed by atoms with Crippen LogP contribution < -0.4 is 10.6 Å². The van der Waals surface area contributed by atoms with Gasteiger partial charge in [-0.05, 0) is 42.5 Å². The maximum atomic E-state index is 11.4. The predicted molar refractivity (Wildman–Crippen MR) is 128 cm³/mol. The number of aromatic nitrogens is 3. The number of piperidine rings is 1. The number of nitrogen functional groups attached to an aromatic ring is 1. The molecule has 0 saturated carbocycles. The van der Waals surface area contributed by atoms with Crippen molar-refractivity contribution in [2.45, 2.75) is 31.3 Å². The van der Waals surface area contributed by atoms with E-state index in [-0.39, 0.29) is 18.5 Å². The third kappa shape index (κ3) is 5.44. The van der Waals surface area contributed by atoms with Gasteiger partial charge in [-0.25, -0.2) is 5.10 Å². The highest BCUT2D eigenvalue weighted by molar-refractivity contribution is 6.30. The number of halogens is 1. The second kappa shape index (κ2) is 10.6. The lowest BCUT2D eigenvalue weighted by molar-refractivity contribution is 0.117. The van der Waals surface area contributed by atoms with Crippen molar-refractivity contribution in [2.75, 3.05) is 36.8 Å². The molecular formula is C23H28ClN7O. The topological polar surface area (TPSA) is 103 Å². The number of hydrogen-bond donors (Lipinski definition) is 2. The molecule has 2 heterocycles. The fraction of sp³-hybridized carbons (Fsp3) is 0.391. The zero-order valence-corrected chi connectivity index (χ0v) is 18.7. The highest BCUT2D eigenvalue weighted by Gasteiger charge is 2.31. The molecule has 0 spiro atoms. The Kier molecular flexibility index (Phi) is 7.34. The lowest BCUT2D eigenvalue weighted by Crippen LogP contribution is -2.48. The first-order valence-corrected chi connectivity index (χ1v) is 11.3. The summed E-state index contributed by atoms with van der Waals surface area (Å²) >= 11 is 6.05. The number of hydrogen-bond acceptors (Lipinski definition) is 7. The molecule has 1 aromatic heterocycles. The summed E-state index contributed by atoms with van der Waals surface area (Å²) in [6.07, 6.45) is 2.77. The molecule has 1 saturated heterocycles. The Bertz CT molecular complexity index is 987. The van der Waals surface area contributed by atoms with Crippen LogP contribution in [0, 0.1) is 4.91 Å². The van der Waals surface area contributed by atoms with E-state index in [1.807, 2.05) is 30.3 Å². The first-order valence-electron chi connectivity index (χ1n) is 10.9. The quantitative estimate of drug-likeness (QED) is 0.473. The van der Waals surface area contributed by atoms with E-state index in [0.717, 1.165) is 49.5 Å². The van der Waals surface area contributed by atoms with Crippen molar-refractivity contribution in [3.8, 4) is 0 Å². The van der Waals surface area contributed by atoms with Gasteiger partial charge in [0.15, 0.2) is 0 Å². The second-order valence-electron chi connectivity index (χ2n) is 8.09. The average Bonchev–Trinajstić information content (AvgIpc) is 3.27. The number of rotatable bonds is 9. The Morgan fingerprint density at radius 2 is 1.88 bits per heavy atom. The zero-order valence-electron chi connectivity index (χ0n) is 17.9. The standard InChI is InChI=1S/C23H28ClN7O/c24-19-8-6-17(7-9-19)10-15-31(21(16-26-32)18-4-2-1-3-5-18)20-11-13-30(14-12-20)23-27-22(25)28-29-23/h1-9,20-21H,10-16H2,(H3,25,27,28,29)/t21-/m1/s1. The normalized spacial score (nSPS) is 15.8. The summed E-state index contributed by atoms with van der Waals surface area (Å²) in [7, 11) is 0. The number of nitrogens with zero attached hydrogens (tertiary/aromatic N) is 5. The molecule has 0 amide bonds. The number of nitrogens with one attached hydrogen (secondary N) is 1. The molecule has 1 atom stereocenters. The molecule has 3 aromatic rings. The van der Waals surface area contributed by atoms with Gasteiger partial charge in [-0.3, -0.25) is 4.90 Å². The van der Waals surface area contributed by atoms with Gasteiger partial charge in [0, 0.05) is 30.7 Å². The van der Waals surface area contributed by atoms with Crippen LogP contribution in [0.2, 0.25) is 5.02 Å². The summed E-state index contributed by atoms with van der Waals surface area (Å²) in [5, 5.41) is 10.9.